The van der Waals surface area contributed by atoms with Gasteiger partial charge in [0, 0.05) is 17.1 Å². The van der Waals surface area contributed by atoms with Gasteiger partial charge in [0.25, 0.3) is 11.8 Å². The number of amides is 4. The first-order valence-corrected chi connectivity index (χ1v) is 7.69. The molecule has 8 nitrogen and oxygen atoms in total. The topological polar surface area (TPSA) is 118 Å². The fourth-order valence-corrected chi connectivity index (χ4v) is 2.85. The Morgan fingerprint density at radius 2 is 1.62 bits per heavy atom. The van der Waals surface area contributed by atoms with Crippen LogP contribution in [0.25, 0.3) is 11.8 Å². The van der Waals surface area contributed by atoms with E-state index < -0.39 is 23.8 Å². The van der Waals surface area contributed by atoms with Gasteiger partial charge in [-0.05, 0) is 55.8 Å². The summed E-state index contributed by atoms with van der Waals surface area (Å²) in [5, 5.41) is 13.1. The van der Waals surface area contributed by atoms with E-state index in [1.54, 1.807) is 18.2 Å². The maximum atomic E-state index is 11.9. The number of aromatic carboxylic acids is 1. The van der Waals surface area contributed by atoms with Crippen LogP contribution in [0.2, 0.25) is 0 Å². The Balaban J connectivity index is 2.02. The van der Waals surface area contributed by atoms with Crippen LogP contribution in [-0.2, 0) is 9.59 Å². The second kappa shape index (κ2) is 6.32. The maximum absolute atomic E-state index is 11.9. The van der Waals surface area contributed by atoms with Crippen molar-refractivity contribution in [3.8, 4) is 5.69 Å². The van der Waals surface area contributed by atoms with E-state index in [-0.39, 0.29) is 11.1 Å². The highest BCUT2D eigenvalue weighted by Gasteiger charge is 2.28. The Kier molecular flexibility index (Phi) is 4.17. The van der Waals surface area contributed by atoms with Gasteiger partial charge in [-0.3, -0.25) is 20.2 Å². The van der Waals surface area contributed by atoms with E-state index >= 15 is 0 Å². The second-order valence-corrected chi connectivity index (χ2v) is 5.81. The second-order valence-electron chi connectivity index (χ2n) is 5.81. The third-order valence-electron chi connectivity index (χ3n) is 4.09. The minimum Gasteiger partial charge on any atom is -0.478 e. The zero-order chi connectivity index (χ0) is 19.0. The van der Waals surface area contributed by atoms with E-state index in [2.05, 4.69) is 0 Å². The first kappa shape index (κ1) is 17.2. The Bertz CT molecular complexity index is 961. The largest absolute Gasteiger partial charge is 0.478 e. The normalized spacial score (nSPS) is 14.1. The van der Waals surface area contributed by atoms with Crippen molar-refractivity contribution in [1.82, 2.24) is 15.2 Å². The number of carboxylic acid groups (broad SMARTS) is 1. The van der Waals surface area contributed by atoms with Crippen molar-refractivity contribution in [2.24, 2.45) is 0 Å². The number of benzene rings is 1. The fourth-order valence-electron chi connectivity index (χ4n) is 2.85. The van der Waals surface area contributed by atoms with E-state index in [1.807, 2.05) is 29.0 Å². The smallest absolute Gasteiger partial charge is 0.335 e. The van der Waals surface area contributed by atoms with Crippen LogP contribution < -0.4 is 10.6 Å². The van der Waals surface area contributed by atoms with Gasteiger partial charge in [-0.25, -0.2) is 9.59 Å². The number of carbonyl (C=O) groups is 4. The third kappa shape index (κ3) is 3.00. The molecule has 2 heterocycles. The number of hydrogen-bond donors (Lipinski definition) is 3. The molecule has 1 aliphatic heterocycles. The Morgan fingerprint density at radius 1 is 1.04 bits per heavy atom. The lowest BCUT2D eigenvalue weighted by molar-refractivity contribution is -0.123. The van der Waals surface area contributed by atoms with Crippen molar-refractivity contribution < 1.29 is 24.3 Å². The molecule has 3 N–H and O–H groups in total. The van der Waals surface area contributed by atoms with E-state index in [0.717, 1.165) is 17.1 Å². The number of carboxylic acids is 1. The molecule has 0 atom stereocenters. The number of barbiturate groups is 1. The molecule has 4 amide bonds. The van der Waals surface area contributed by atoms with E-state index in [0.29, 0.717) is 5.56 Å². The Labute approximate surface area is 148 Å². The van der Waals surface area contributed by atoms with Gasteiger partial charge in [0.2, 0.25) is 0 Å². The molecule has 1 aromatic carbocycles. The van der Waals surface area contributed by atoms with E-state index in [4.69, 9.17) is 5.11 Å². The van der Waals surface area contributed by atoms with E-state index in [9.17, 15) is 19.2 Å². The number of rotatable bonds is 3. The average molecular weight is 353 g/mol. The molecule has 0 radical (unpaired) electrons. The van der Waals surface area contributed by atoms with Crippen LogP contribution in [0.1, 0.15) is 27.3 Å². The molecule has 2 aromatic rings. The number of urea groups is 1. The molecule has 26 heavy (non-hydrogen) atoms. The predicted molar refractivity (Wildman–Crippen MR) is 91.9 cm³/mol. The standard InChI is InChI=1S/C18H15N3O5/c1-9-7-12(8-14-15(22)19-18(26)20-16(14)23)10(2)21(9)13-5-3-11(4-6-13)17(24)25/h3-8H,1-2H3,(H,24,25)(H2,19,20,22,23,26). The Hall–Kier alpha value is -3.68. The monoisotopic (exact) mass is 353 g/mol. The van der Waals surface area contributed by atoms with E-state index in [1.165, 1.54) is 18.2 Å². The summed E-state index contributed by atoms with van der Waals surface area (Å²) in [6.07, 6.45) is 1.42. The lowest BCUT2D eigenvalue weighted by Crippen LogP contribution is -2.51. The number of carbonyl (C=O) groups excluding carboxylic acids is 3. The highest BCUT2D eigenvalue weighted by Crippen LogP contribution is 2.23. The van der Waals surface area contributed by atoms with Crippen LogP contribution in [0.3, 0.4) is 0 Å². The molecule has 1 aliphatic rings. The summed E-state index contributed by atoms with van der Waals surface area (Å²) in [4.78, 5) is 45.8. The Morgan fingerprint density at radius 3 is 2.15 bits per heavy atom. The predicted octanol–water partition coefficient (Wildman–Crippen LogP) is 1.54. The summed E-state index contributed by atoms with van der Waals surface area (Å²) in [7, 11) is 0. The molecule has 8 heteroatoms. The van der Waals surface area contributed by atoms with Crippen molar-refractivity contribution >= 4 is 29.9 Å². The average Bonchev–Trinajstić information content (AvgIpc) is 2.84. The lowest BCUT2D eigenvalue weighted by atomic mass is 10.1. The summed E-state index contributed by atoms with van der Waals surface area (Å²) in [6, 6.07) is 7.31. The first-order valence-electron chi connectivity index (χ1n) is 7.69. The number of aryl methyl sites for hydroxylation is 1. The van der Waals surface area contributed by atoms with Crippen LogP contribution in [0, 0.1) is 13.8 Å². The summed E-state index contributed by atoms with van der Waals surface area (Å²) >= 11 is 0. The van der Waals surface area contributed by atoms with Gasteiger partial charge in [-0.1, -0.05) is 0 Å². The van der Waals surface area contributed by atoms with Gasteiger partial charge < -0.3 is 9.67 Å². The molecule has 0 unspecified atom stereocenters. The summed E-state index contributed by atoms with van der Waals surface area (Å²) in [5.74, 6) is -2.52. The molecular formula is C18H15N3O5. The number of nitrogens with one attached hydrogen (secondary N) is 2. The molecular weight excluding hydrogens is 338 g/mol. The van der Waals surface area contributed by atoms with Gasteiger partial charge in [0.15, 0.2) is 0 Å². The summed E-state index contributed by atoms with van der Waals surface area (Å²) in [6.45, 7) is 3.67. The van der Waals surface area contributed by atoms with Gasteiger partial charge >= 0.3 is 12.0 Å². The molecule has 1 aromatic heterocycles. The number of nitrogens with zero attached hydrogens (tertiary/aromatic N) is 1. The molecule has 132 valence electrons. The summed E-state index contributed by atoms with van der Waals surface area (Å²) in [5.41, 5.74) is 3.01. The van der Waals surface area contributed by atoms with Crippen LogP contribution in [0.5, 0.6) is 0 Å². The zero-order valence-electron chi connectivity index (χ0n) is 14.0. The molecule has 1 fully saturated rings. The minimum absolute atomic E-state index is 0.161. The molecule has 0 saturated carbocycles. The van der Waals surface area contributed by atoms with Gasteiger partial charge in [0.05, 0.1) is 5.56 Å². The molecule has 1 saturated heterocycles. The highest BCUT2D eigenvalue weighted by atomic mass is 16.4. The zero-order valence-corrected chi connectivity index (χ0v) is 14.0. The summed E-state index contributed by atoms with van der Waals surface area (Å²) < 4.78 is 1.88. The van der Waals surface area contributed by atoms with Gasteiger partial charge in [-0.2, -0.15) is 0 Å². The quantitative estimate of drug-likeness (QED) is 0.571. The van der Waals surface area contributed by atoms with Crippen molar-refractivity contribution in [2.75, 3.05) is 0 Å². The number of aromatic nitrogens is 1. The van der Waals surface area contributed by atoms with Crippen LogP contribution >= 0.6 is 0 Å². The lowest BCUT2D eigenvalue weighted by Gasteiger charge is -2.14. The SMILES string of the molecule is Cc1cc(C=C2C(=O)NC(=O)NC2=O)c(C)n1-c1ccc(C(=O)O)cc1. The molecule has 0 spiro atoms. The van der Waals surface area contributed by atoms with Crippen molar-refractivity contribution in [3.05, 3.63) is 58.4 Å². The van der Waals surface area contributed by atoms with Crippen LogP contribution in [0.4, 0.5) is 4.79 Å². The van der Waals surface area contributed by atoms with Crippen LogP contribution in [0.15, 0.2) is 35.9 Å². The highest BCUT2D eigenvalue weighted by molar-refractivity contribution is 6.31. The van der Waals surface area contributed by atoms with Crippen molar-refractivity contribution in [3.63, 3.8) is 0 Å². The number of imide groups is 2. The van der Waals surface area contributed by atoms with Gasteiger partial charge in [0.1, 0.15) is 5.57 Å². The van der Waals surface area contributed by atoms with Crippen molar-refractivity contribution in [1.29, 1.82) is 0 Å². The van der Waals surface area contributed by atoms with Crippen molar-refractivity contribution in [2.45, 2.75) is 13.8 Å². The molecule has 3 rings (SSSR count). The first-order chi connectivity index (χ1) is 12.3. The van der Waals surface area contributed by atoms with Crippen LogP contribution in [-0.4, -0.2) is 33.5 Å². The number of hydrogen-bond acceptors (Lipinski definition) is 4. The fraction of sp³-hybridized carbons (Fsp3) is 0.111. The molecule has 0 aliphatic carbocycles. The minimum atomic E-state index is -1.01. The van der Waals surface area contributed by atoms with Gasteiger partial charge in [-0.15, -0.1) is 0 Å². The molecule has 0 bridgehead atoms. The maximum Gasteiger partial charge on any atom is 0.335 e. The third-order valence-corrected chi connectivity index (χ3v) is 4.09.